The van der Waals surface area contributed by atoms with E-state index in [0.29, 0.717) is 13.1 Å². The van der Waals surface area contributed by atoms with Gasteiger partial charge in [0.1, 0.15) is 5.60 Å². The minimum Gasteiger partial charge on any atom is -0.444 e. The monoisotopic (exact) mass is 338 g/mol. The van der Waals surface area contributed by atoms with E-state index in [9.17, 15) is 18.0 Å². The van der Waals surface area contributed by atoms with Crippen molar-refractivity contribution < 1.29 is 22.7 Å². The summed E-state index contributed by atoms with van der Waals surface area (Å²) in [4.78, 5) is 13.8. The summed E-state index contributed by atoms with van der Waals surface area (Å²) in [6, 6.07) is -0.723. The number of carbonyl (C=O) groups is 1. The zero-order chi connectivity index (χ0) is 17.8. The quantitative estimate of drug-likeness (QED) is 0.844. The molecule has 0 aromatic carbocycles. The molecule has 1 rings (SSSR count). The van der Waals surface area contributed by atoms with E-state index in [2.05, 4.69) is 5.32 Å². The van der Waals surface area contributed by atoms with Crippen molar-refractivity contribution in [2.24, 2.45) is 5.92 Å². The van der Waals surface area contributed by atoms with Crippen LogP contribution in [0.2, 0.25) is 0 Å². The number of nitrogens with one attached hydrogen (secondary N) is 1. The van der Waals surface area contributed by atoms with Crippen molar-refractivity contribution in [3.05, 3.63) is 0 Å². The van der Waals surface area contributed by atoms with Crippen LogP contribution in [0.4, 0.5) is 18.0 Å². The van der Waals surface area contributed by atoms with Gasteiger partial charge in [0.15, 0.2) is 0 Å². The summed E-state index contributed by atoms with van der Waals surface area (Å²) in [5, 5.41) is 3.02. The summed E-state index contributed by atoms with van der Waals surface area (Å²) in [5.41, 5.74) is -0.547. The van der Waals surface area contributed by atoms with Gasteiger partial charge in [-0.2, -0.15) is 13.2 Å². The van der Waals surface area contributed by atoms with Crippen LogP contribution in [0.3, 0.4) is 0 Å². The van der Waals surface area contributed by atoms with Gasteiger partial charge in [0.2, 0.25) is 0 Å². The van der Waals surface area contributed by atoms with Crippen molar-refractivity contribution in [1.82, 2.24) is 10.2 Å². The van der Waals surface area contributed by atoms with Crippen LogP contribution in [0.25, 0.3) is 0 Å². The molecule has 1 aliphatic heterocycles. The lowest BCUT2D eigenvalue weighted by Gasteiger charge is -2.37. The molecule has 0 spiro atoms. The lowest BCUT2D eigenvalue weighted by molar-refractivity contribution is -0.139. The maximum Gasteiger partial charge on any atom is 0.410 e. The van der Waals surface area contributed by atoms with Crippen LogP contribution in [0.1, 0.15) is 53.9 Å². The first-order valence-electron chi connectivity index (χ1n) is 8.18. The van der Waals surface area contributed by atoms with Crippen LogP contribution in [-0.4, -0.2) is 47.9 Å². The van der Waals surface area contributed by atoms with E-state index in [0.717, 1.165) is 12.8 Å². The van der Waals surface area contributed by atoms with Gasteiger partial charge in [-0.05, 0) is 53.4 Å². The van der Waals surface area contributed by atoms with E-state index in [4.69, 9.17) is 4.74 Å². The third-order valence-corrected chi connectivity index (χ3v) is 3.90. The van der Waals surface area contributed by atoms with Gasteiger partial charge >= 0.3 is 12.3 Å². The van der Waals surface area contributed by atoms with Crippen LogP contribution in [0, 0.1) is 5.92 Å². The Morgan fingerprint density at radius 1 is 1.30 bits per heavy atom. The van der Waals surface area contributed by atoms with E-state index in [1.165, 1.54) is 0 Å². The van der Waals surface area contributed by atoms with Gasteiger partial charge in [0.25, 0.3) is 0 Å². The summed E-state index contributed by atoms with van der Waals surface area (Å²) in [5.74, 6) is 0.131. The summed E-state index contributed by atoms with van der Waals surface area (Å²) in [7, 11) is 0. The van der Waals surface area contributed by atoms with Crippen molar-refractivity contribution >= 4 is 6.09 Å². The van der Waals surface area contributed by atoms with Gasteiger partial charge in [-0.1, -0.05) is 0 Å². The second-order valence-electron chi connectivity index (χ2n) is 7.50. The molecule has 1 N–H and O–H groups in total. The molecular weight excluding hydrogens is 309 g/mol. The molecule has 1 saturated heterocycles. The number of ether oxygens (including phenoxy) is 1. The Labute approximate surface area is 136 Å². The molecule has 0 aromatic heterocycles. The van der Waals surface area contributed by atoms with Gasteiger partial charge in [0, 0.05) is 25.2 Å². The molecule has 1 heterocycles. The van der Waals surface area contributed by atoms with E-state index < -0.39 is 24.2 Å². The SMILES string of the molecule is CC(CC(F)(F)F)NC(C)C1CCCN(C(=O)OC(C)(C)C)C1. The lowest BCUT2D eigenvalue weighted by Crippen LogP contribution is -2.49. The number of piperidine rings is 1. The van der Waals surface area contributed by atoms with Gasteiger partial charge in [-0.25, -0.2) is 4.79 Å². The smallest absolute Gasteiger partial charge is 0.410 e. The molecule has 23 heavy (non-hydrogen) atoms. The third-order valence-electron chi connectivity index (χ3n) is 3.90. The average molecular weight is 338 g/mol. The first-order valence-corrected chi connectivity index (χ1v) is 8.18. The van der Waals surface area contributed by atoms with Crippen LogP contribution in [-0.2, 0) is 4.74 Å². The molecule has 1 aliphatic rings. The van der Waals surface area contributed by atoms with E-state index >= 15 is 0 Å². The van der Waals surface area contributed by atoms with Gasteiger partial charge < -0.3 is 15.0 Å². The van der Waals surface area contributed by atoms with Crippen molar-refractivity contribution in [3.8, 4) is 0 Å². The Bertz CT molecular complexity index is 394. The normalized spacial score (nSPS) is 22.6. The molecule has 0 aliphatic carbocycles. The number of rotatable bonds is 4. The molecule has 4 nitrogen and oxygen atoms in total. The first kappa shape index (κ1) is 20.1. The Morgan fingerprint density at radius 2 is 1.91 bits per heavy atom. The lowest BCUT2D eigenvalue weighted by atomic mass is 9.91. The summed E-state index contributed by atoms with van der Waals surface area (Å²) in [6.45, 7) is 10.0. The third kappa shape index (κ3) is 7.90. The van der Waals surface area contributed by atoms with Crippen molar-refractivity contribution in [1.29, 1.82) is 0 Å². The van der Waals surface area contributed by atoms with Crippen molar-refractivity contribution in [2.45, 2.75) is 77.7 Å². The topological polar surface area (TPSA) is 41.6 Å². The van der Waals surface area contributed by atoms with Crippen LogP contribution < -0.4 is 5.32 Å². The van der Waals surface area contributed by atoms with Crippen LogP contribution in [0.5, 0.6) is 0 Å². The maximum absolute atomic E-state index is 12.4. The predicted molar refractivity (Wildman–Crippen MR) is 83.3 cm³/mol. The number of hydrogen-bond acceptors (Lipinski definition) is 3. The molecule has 136 valence electrons. The van der Waals surface area contributed by atoms with Gasteiger partial charge in [0.05, 0.1) is 6.42 Å². The highest BCUT2D eigenvalue weighted by Crippen LogP contribution is 2.24. The molecule has 0 aromatic rings. The minimum atomic E-state index is -4.17. The predicted octanol–water partition coefficient (Wildman–Crippen LogP) is 3.95. The van der Waals surface area contributed by atoms with Crippen LogP contribution >= 0.6 is 0 Å². The molecular formula is C16H29F3N2O2. The first-order chi connectivity index (χ1) is 10.4. The van der Waals surface area contributed by atoms with Gasteiger partial charge in [-0.15, -0.1) is 0 Å². The molecule has 3 atom stereocenters. The maximum atomic E-state index is 12.4. The number of alkyl halides is 3. The van der Waals surface area contributed by atoms with E-state index in [1.54, 1.807) is 11.8 Å². The summed E-state index contributed by atoms with van der Waals surface area (Å²) in [6.07, 6.45) is -3.63. The summed E-state index contributed by atoms with van der Waals surface area (Å²) < 4.78 is 42.6. The van der Waals surface area contributed by atoms with Gasteiger partial charge in [-0.3, -0.25) is 0 Å². The number of nitrogens with zero attached hydrogens (tertiary/aromatic N) is 1. The zero-order valence-electron chi connectivity index (χ0n) is 14.7. The zero-order valence-corrected chi connectivity index (χ0v) is 14.7. The fraction of sp³-hybridized carbons (Fsp3) is 0.938. The number of carbonyl (C=O) groups excluding carboxylic acids is 1. The molecule has 0 saturated carbocycles. The molecule has 1 fully saturated rings. The van der Waals surface area contributed by atoms with Crippen molar-refractivity contribution in [3.63, 3.8) is 0 Å². The molecule has 1 amide bonds. The Kier molecular flexibility index (Phi) is 6.74. The number of halogens is 3. The second-order valence-corrected chi connectivity index (χ2v) is 7.50. The van der Waals surface area contributed by atoms with E-state index in [-0.39, 0.29) is 18.1 Å². The Morgan fingerprint density at radius 3 is 2.43 bits per heavy atom. The standard InChI is InChI=1S/C16H29F3N2O2/c1-11(9-16(17,18)19)20-12(2)13-7-6-8-21(10-13)14(22)23-15(3,4)5/h11-13,20H,6-10H2,1-5H3. The largest absolute Gasteiger partial charge is 0.444 e. The fourth-order valence-electron chi connectivity index (χ4n) is 2.90. The minimum absolute atomic E-state index is 0.0856. The number of hydrogen-bond donors (Lipinski definition) is 1. The molecule has 3 unspecified atom stereocenters. The Balaban J connectivity index is 2.52. The van der Waals surface area contributed by atoms with Crippen LogP contribution in [0.15, 0.2) is 0 Å². The highest BCUT2D eigenvalue weighted by Gasteiger charge is 2.33. The highest BCUT2D eigenvalue weighted by molar-refractivity contribution is 5.68. The molecule has 7 heteroatoms. The fourth-order valence-corrected chi connectivity index (χ4v) is 2.90. The number of likely N-dealkylation sites (tertiary alicyclic amines) is 1. The number of amides is 1. The molecule has 0 radical (unpaired) electrons. The summed E-state index contributed by atoms with van der Waals surface area (Å²) >= 11 is 0. The average Bonchev–Trinajstić information content (AvgIpc) is 2.34. The van der Waals surface area contributed by atoms with Crippen molar-refractivity contribution in [2.75, 3.05) is 13.1 Å². The molecule has 0 bridgehead atoms. The second kappa shape index (κ2) is 7.73. The highest BCUT2D eigenvalue weighted by atomic mass is 19.4. The Hall–Kier alpha value is -0.980. The van der Waals surface area contributed by atoms with E-state index in [1.807, 2.05) is 27.7 Å².